The summed E-state index contributed by atoms with van der Waals surface area (Å²) in [6, 6.07) is -1.35. The molecule has 0 aromatic carbocycles. The fourth-order valence-corrected chi connectivity index (χ4v) is 9.78. The molecule has 1 spiro atoms. The number of hydrogen-bond acceptors (Lipinski definition) is 14. The fraction of sp³-hybridized carbons (Fsp3) is 0.974. The molecule has 1 unspecified atom stereocenters. The summed E-state index contributed by atoms with van der Waals surface area (Å²) in [5, 5.41) is 38.8. The zero-order valence-electron chi connectivity index (χ0n) is 35.0. The standard InChI is InChI=1S/C39H67F3N2O12/c1-13-26-37(10,48)30(45)23(6)43-17-19(2)15-35(8,47)31(56-33-29-25(14-20(3)51-33)44(11)34(55-29)39(40,41)42)21(4)28(22(5)32(46)53-26)54-27-16-36(9,49-12)38(18-50-38)24(7)52-27/h19-31,33-34,43,45,47-48H,13-18H2,1-12H3/t19-,20-,21+,22-,23-,24+,25+,26-,27+,28+,29-,30-,31-,33+,34?,35-,36-,37-,38+/m1/s1. The van der Waals surface area contributed by atoms with Crippen molar-refractivity contribution in [2.24, 2.45) is 17.8 Å². The first-order valence-electron chi connectivity index (χ1n) is 20.1. The van der Waals surface area contributed by atoms with Gasteiger partial charge in [-0.05, 0) is 87.2 Å². The largest absolute Gasteiger partial charge is 0.459 e. The van der Waals surface area contributed by atoms with Gasteiger partial charge in [0.1, 0.15) is 35.1 Å². The third-order valence-corrected chi connectivity index (χ3v) is 13.4. The van der Waals surface area contributed by atoms with Gasteiger partial charge in [0.25, 0.3) is 0 Å². The van der Waals surface area contributed by atoms with E-state index in [1.807, 2.05) is 20.8 Å². The van der Waals surface area contributed by atoms with E-state index in [1.54, 1.807) is 48.7 Å². The first kappa shape index (κ1) is 45.9. The Morgan fingerprint density at radius 1 is 1.00 bits per heavy atom. The highest BCUT2D eigenvalue weighted by Crippen LogP contribution is 2.51. The Labute approximate surface area is 329 Å². The maximum absolute atomic E-state index is 14.3. The lowest BCUT2D eigenvalue weighted by molar-refractivity contribution is -0.317. The zero-order chi connectivity index (χ0) is 41.9. The van der Waals surface area contributed by atoms with Gasteiger partial charge in [-0.3, -0.25) is 9.69 Å². The second-order valence-electron chi connectivity index (χ2n) is 18.0. The second-order valence-corrected chi connectivity index (χ2v) is 18.0. The Morgan fingerprint density at radius 3 is 2.21 bits per heavy atom. The van der Waals surface area contributed by atoms with E-state index < -0.39 is 120 Å². The number of carbonyl (C=O) groups is 1. The van der Waals surface area contributed by atoms with E-state index in [9.17, 15) is 33.3 Å². The lowest BCUT2D eigenvalue weighted by Crippen LogP contribution is -2.61. The number of ether oxygens (including phenoxy) is 8. The normalized spacial score (nSPS) is 51.5. The number of nitrogens with one attached hydrogen (secondary N) is 1. The Hall–Kier alpha value is -1.22. The van der Waals surface area contributed by atoms with Gasteiger partial charge in [0, 0.05) is 31.5 Å². The first-order valence-corrected chi connectivity index (χ1v) is 20.1. The molecule has 5 aliphatic rings. The van der Waals surface area contributed by atoms with Gasteiger partial charge in [-0.2, -0.15) is 13.2 Å². The number of cyclic esters (lactones) is 1. The van der Waals surface area contributed by atoms with Crippen molar-refractivity contribution in [2.75, 3.05) is 27.3 Å². The van der Waals surface area contributed by atoms with Crippen molar-refractivity contribution in [2.45, 2.75) is 197 Å². The molecule has 4 N–H and O–H groups in total. The summed E-state index contributed by atoms with van der Waals surface area (Å²) in [5.74, 6) is -2.97. The predicted molar refractivity (Wildman–Crippen MR) is 195 cm³/mol. The van der Waals surface area contributed by atoms with Crippen molar-refractivity contribution >= 4 is 5.97 Å². The lowest BCUT2D eigenvalue weighted by Gasteiger charge is -2.48. The van der Waals surface area contributed by atoms with Gasteiger partial charge in [-0.1, -0.05) is 20.8 Å². The van der Waals surface area contributed by atoms with Gasteiger partial charge in [0.15, 0.2) is 12.6 Å². The van der Waals surface area contributed by atoms with Crippen LogP contribution in [0.1, 0.15) is 94.9 Å². The molecule has 5 saturated heterocycles. The van der Waals surface area contributed by atoms with Crippen LogP contribution in [-0.4, -0.2) is 156 Å². The number of rotatable bonds is 6. The van der Waals surface area contributed by atoms with Crippen LogP contribution in [0.5, 0.6) is 0 Å². The maximum Gasteiger partial charge on any atom is 0.428 e. The van der Waals surface area contributed by atoms with E-state index >= 15 is 0 Å². The van der Waals surface area contributed by atoms with E-state index in [4.69, 9.17) is 37.9 Å². The highest BCUT2D eigenvalue weighted by atomic mass is 19.4. The van der Waals surface area contributed by atoms with Crippen molar-refractivity contribution in [3.05, 3.63) is 0 Å². The number of hydrogen-bond donors (Lipinski definition) is 4. The van der Waals surface area contributed by atoms with Gasteiger partial charge in [-0.25, -0.2) is 0 Å². The molecule has 0 amide bonds. The number of epoxide rings is 1. The number of likely N-dealkylation sites (N-methyl/N-ethyl adjacent to an activating group) is 1. The van der Waals surface area contributed by atoms with Crippen molar-refractivity contribution < 1.29 is 71.2 Å². The third-order valence-electron chi connectivity index (χ3n) is 13.4. The number of aliphatic hydroxyl groups is 3. The number of nitrogens with zero attached hydrogens (tertiary/aromatic N) is 1. The van der Waals surface area contributed by atoms with Crippen LogP contribution in [-0.2, 0) is 42.7 Å². The summed E-state index contributed by atoms with van der Waals surface area (Å²) in [5.41, 5.74) is -5.07. The van der Waals surface area contributed by atoms with E-state index in [-0.39, 0.29) is 31.6 Å². The topological polar surface area (TPSA) is 170 Å². The van der Waals surface area contributed by atoms with E-state index in [2.05, 4.69) is 5.32 Å². The van der Waals surface area contributed by atoms with E-state index in [1.165, 1.54) is 14.0 Å². The van der Waals surface area contributed by atoms with Crippen molar-refractivity contribution in [3.63, 3.8) is 0 Å². The van der Waals surface area contributed by atoms with E-state index in [0.29, 0.717) is 13.2 Å². The molecule has 5 aliphatic heterocycles. The molecule has 0 bridgehead atoms. The minimum Gasteiger partial charge on any atom is -0.459 e. The molecular weight excluding hydrogens is 745 g/mol. The van der Waals surface area contributed by atoms with Crippen molar-refractivity contribution in [3.8, 4) is 0 Å². The van der Waals surface area contributed by atoms with Gasteiger partial charge < -0.3 is 58.5 Å². The summed E-state index contributed by atoms with van der Waals surface area (Å²) in [4.78, 5) is 15.4. The molecule has 0 aromatic rings. The summed E-state index contributed by atoms with van der Waals surface area (Å²) in [6.07, 6.45) is -15.3. The molecule has 0 saturated carbocycles. The van der Waals surface area contributed by atoms with Crippen LogP contribution in [0, 0.1) is 17.8 Å². The maximum atomic E-state index is 14.3. The van der Waals surface area contributed by atoms with Crippen molar-refractivity contribution in [1.82, 2.24) is 10.2 Å². The average molecular weight is 813 g/mol. The van der Waals surface area contributed by atoms with Gasteiger partial charge >= 0.3 is 12.1 Å². The van der Waals surface area contributed by atoms with Crippen LogP contribution >= 0.6 is 0 Å². The molecule has 0 aliphatic carbocycles. The Balaban J connectivity index is 1.56. The first-order chi connectivity index (χ1) is 25.8. The number of alkyl halides is 3. The second kappa shape index (κ2) is 16.7. The summed E-state index contributed by atoms with van der Waals surface area (Å²) >= 11 is 0. The SMILES string of the molecule is CC[C@H]1OC(=O)[C@H](C)[C@@H](O[C@H]2C[C@@](C)(OC)[C@]3(CO3)[C@H](C)O2)[C@H](C)[C@@H](O[C@@H]2O[C@H](C)C[C@H]3[C@H]2OC(C(F)(F)F)N3C)[C@](C)(O)C[C@@H](C)CN[C@H](C)[C@@H](O)[C@]1(C)O. The van der Waals surface area contributed by atoms with Crippen LogP contribution in [0.25, 0.3) is 0 Å². The monoisotopic (exact) mass is 812 g/mol. The fourth-order valence-electron chi connectivity index (χ4n) is 9.78. The van der Waals surface area contributed by atoms with Crippen LogP contribution in [0.15, 0.2) is 0 Å². The quantitative estimate of drug-likeness (QED) is 0.228. The molecule has 5 fully saturated rings. The van der Waals surface area contributed by atoms with Crippen molar-refractivity contribution in [1.29, 1.82) is 0 Å². The minimum absolute atomic E-state index is 0.109. The van der Waals surface area contributed by atoms with Crippen LogP contribution < -0.4 is 5.32 Å². The Morgan fingerprint density at radius 2 is 1.64 bits per heavy atom. The lowest BCUT2D eigenvalue weighted by atomic mass is 9.77. The minimum atomic E-state index is -4.68. The zero-order valence-corrected chi connectivity index (χ0v) is 35.0. The molecule has 326 valence electrons. The van der Waals surface area contributed by atoms with Gasteiger partial charge in [0.2, 0.25) is 6.23 Å². The number of methoxy groups -OCH3 is 1. The smallest absolute Gasteiger partial charge is 0.428 e. The molecule has 0 radical (unpaired) electrons. The Bertz CT molecular complexity index is 1350. The molecular formula is C39H67F3N2O12. The van der Waals surface area contributed by atoms with Crippen LogP contribution in [0.4, 0.5) is 13.2 Å². The summed E-state index contributed by atoms with van der Waals surface area (Å²) < 4.78 is 92.1. The number of aliphatic hydroxyl groups excluding tert-OH is 1. The Kier molecular flexibility index (Phi) is 13.7. The molecule has 17 heteroatoms. The summed E-state index contributed by atoms with van der Waals surface area (Å²) in [6.45, 7) is 17.9. The van der Waals surface area contributed by atoms with Gasteiger partial charge in [0.05, 0.1) is 42.5 Å². The molecule has 19 atom stereocenters. The van der Waals surface area contributed by atoms with E-state index in [0.717, 1.165) is 4.90 Å². The molecule has 5 heterocycles. The number of fused-ring (bicyclic) bond motifs is 1. The molecule has 56 heavy (non-hydrogen) atoms. The third kappa shape index (κ3) is 8.80. The molecule has 0 aromatic heterocycles. The predicted octanol–water partition coefficient (Wildman–Crippen LogP) is 3.26. The summed E-state index contributed by atoms with van der Waals surface area (Å²) in [7, 11) is 2.94. The number of esters is 1. The number of carbonyl (C=O) groups excluding carboxylic acids is 1. The highest BCUT2D eigenvalue weighted by molar-refractivity contribution is 5.73. The molecule has 5 rings (SSSR count). The van der Waals surface area contributed by atoms with Crippen LogP contribution in [0.3, 0.4) is 0 Å². The average Bonchev–Trinajstić information content (AvgIpc) is 3.86. The van der Waals surface area contributed by atoms with Crippen LogP contribution in [0.2, 0.25) is 0 Å². The van der Waals surface area contributed by atoms with Gasteiger partial charge in [-0.15, -0.1) is 0 Å². The molecule has 14 nitrogen and oxygen atoms in total. The number of halogens is 3. The highest BCUT2D eigenvalue weighted by Gasteiger charge is 2.68.